The molecule has 0 aliphatic carbocycles. The van der Waals surface area contributed by atoms with Crippen LogP contribution in [0.4, 0.5) is 8.78 Å². The van der Waals surface area contributed by atoms with Gasteiger partial charge in [0.15, 0.2) is 0 Å². The van der Waals surface area contributed by atoms with Gasteiger partial charge in [-0.25, -0.2) is 13.8 Å². The Bertz CT molecular complexity index is 1100. The molecule has 9 heteroatoms. The minimum Gasteiger partial charge on any atom is -0.493 e. The number of amides is 1. The van der Waals surface area contributed by atoms with Crippen molar-refractivity contribution in [3.05, 3.63) is 52.9 Å². The number of furan rings is 1. The lowest BCUT2D eigenvalue weighted by molar-refractivity contribution is 0.00534. The number of ether oxygens (including phenoxy) is 1. The van der Waals surface area contributed by atoms with Crippen LogP contribution in [0.25, 0.3) is 11.0 Å². The molecular formula is C20H19F2N3O4. The summed E-state index contributed by atoms with van der Waals surface area (Å²) in [6, 6.07) is 6.32. The number of rotatable bonds is 5. The third-order valence-corrected chi connectivity index (χ3v) is 5.10. The molecule has 4 rings (SSSR count). The van der Waals surface area contributed by atoms with Gasteiger partial charge < -0.3 is 25.3 Å². The number of fused-ring (bicyclic) bond motifs is 1. The minimum atomic E-state index is -3.05. The molecule has 1 aromatic carbocycles. The van der Waals surface area contributed by atoms with Gasteiger partial charge in [0.1, 0.15) is 23.7 Å². The number of aromatic hydroxyl groups is 1. The summed E-state index contributed by atoms with van der Waals surface area (Å²) < 4.78 is 40.7. The van der Waals surface area contributed by atoms with E-state index in [0.29, 0.717) is 5.56 Å². The van der Waals surface area contributed by atoms with E-state index >= 15 is 0 Å². The molecule has 1 fully saturated rings. The van der Waals surface area contributed by atoms with Gasteiger partial charge in [-0.3, -0.25) is 4.79 Å². The molecule has 1 aliphatic rings. The Morgan fingerprint density at radius 1 is 1.45 bits per heavy atom. The first kappa shape index (κ1) is 19.1. The highest BCUT2D eigenvalue weighted by Gasteiger charge is 2.47. The molecule has 29 heavy (non-hydrogen) atoms. The number of nitrogens with zero attached hydrogens (tertiary/aromatic N) is 1. The van der Waals surface area contributed by atoms with Crippen LogP contribution in [0.2, 0.25) is 0 Å². The first-order valence-electron chi connectivity index (χ1n) is 8.99. The maximum atomic E-state index is 14.7. The molecule has 0 radical (unpaired) electrons. The van der Waals surface area contributed by atoms with Crippen LogP contribution in [0.1, 0.15) is 33.2 Å². The van der Waals surface area contributed by atoms with Gasteiger partial charge in [-0.05, 0) is 31.2 Å². The number of aryl methyl sites for hydroxylation is 1. The van der Waals surface area contributed by atoms with E-state index in [1.807, 2.05) is 0 Å². The number of alkyl halides is 2. The lowest BCUT2D eigenvalue weighted by Gasteiger charge is -2.22. The maximum Gasteiger partial charge on any atom is 0.268 e. The van der Waals surface area contributed by atoms with Gasteiger partial charge in [0.2, 0.25) is 5.88 Å². The molecule has 1 amide bonds. The molecule has 3 heterocycles. The third-order valence-electron chi connectivity index (χ3n) is 5.10. The summed E-state index contributed by atoms with van der Waals surface area (Å²) in [4.78, 5) is 15.8. The van der Waals surface area contributed by atoms with E-state index in [2.05, 4.69) is 10.3 Å². The summed E-state index contributed by atoms with van der Waals surface area (Å²) in [5, 5.41) is 12.8. The number of aromatic nitrogens is 1. The number of primary amides is 1. The summed E-state index contributed by atoms with van der Waals surface area (Å²) in [6.07, 6.45) is 1.43. The van der Waals surface area contributed by atoms with Crippen molar-refractivity contribution in [2.75, 3.05) is 13.1 Å². The van der Waals surface area contributed by atoms with E-state index < -0.39 is 24.3 Å². The molecule has 7 nitrogen and oxygen atoms in total. The largest absolute Gasteiger partial charge is 0.493 e. The average molecular weight is 403 g/mol. The van der Waals surface area contributed by atoms with Gasteiger partial charge in [-0.15, -0.1) is 0 Å². The summed E-state index contributed by atoms with van der Waals surface area (Å²) >= 11 is 0. The van der Waals surface area contributed by atoms with Crippen molar-refractivity contribution in [2.45, 2.75) is 25.4 Å². The summed E-state index contributed by atoms with van der Waals surface area (Å²) in [6.45, 7) is 0.985. The van der Waals surface area contributed by atoms with Crippen molar-refractivity contribution in [1.29, 1.82) is 0 Å². The fourth-order valence-electron chi connectivity index (χ4n) is 3.75. The van der Waals surface area contributed by atoms with E-state index in [4.69, 9.17) is 14.9 Å². The van der Waals surface area contributed by atoms with Crippen LogP contribution in [-0.2, 0) is 6.61 Å². The molecule has 4 N–H and O–H groups in total. The Morgan fingerprint density at radius 3 is 2.90 bits per heavy atom. The number of carbonyl (C=O) groups excluding carboxylic acids is 1. The molecule has 1 aliphatic heterocycles. The smallest absolute Gasteiger partial charge is 0.268 e. The summed E-state index contributed by atoms with van der Waals surface area (Å²) in [7, 11) is 0. The molecule has 3 aromatic rings. The van der Waals surface area contributed by atoms with E-state index in [-0.39, 0.29) is 52.6 Å². The summed E-state index contributed by atoms with van der Waals surface area (Å²) in [5.74, 6) is -4.84. The third kappa shape index (κ3) is 3.27. The Kier molecular flexibility index (Phi) is 4.62. The highest BCUT2D eigenvalue weighted by Crippen LogP contribution is 2.46. The number of benzene rings is 1. The van der Waals surface area contributed by atoms with Crippen molar-refractivity contribution < 1.29 is 27.8 Å². The fourth-order valence-corrected chi connectivity index (χ4v) is 3.75. The Balaban J connectivity index is 1.87. The maximum absolute atomic E-state index is 14.7. The van der Waals surface area contributed by atoms with Gasteiger partial charge in [-0.1, -0.05) is 0 Å². The Labute approximate surface area is 164 Å². The second-order valence-electron chi connectivity index (χ2n) is 6.97. The second-order valence-corrected chi connectivity index (χ2v) is 6.97. The molecule has 1 saturated heterocycles. The van der Waals surface area contributed by atoms with Crippen LogP contribution in [0.3, 0.4) is 0 Å². The van der Waals surface area contributed by atoms with Crippen molar-refractivity contribution in [3.8, 4) is 11.6 Å². The number of hydrogen-bond donors (Lipinski definition) is 3. The van der Waals surface area contributed by atoms with Gasteiger partial charge >= 0.3 is 0 Å². The minimum absolute atomic E-state index is 0.00302. The van der Waals surface area contributed by atoms with Crippen LogP contribution in [0.15, 0.2) is 34.9 Å². The number of nitrogens with two attached hydrogens (primary N) is 1. The molecule has 0 saturated carbocycles. The first-order chi connectivity index (χ1) is 13.8. The molecular weight excluding hydrogens is 384 g/mol. The van der Waals surface area contributed by atoms with Crippen LogP contribution < -0.4 is 15.8 Å². The zero-order valence-electron chi connectivity index (χ0n) is 15.5. The number of pyridine rings is 1. The molecule has 2 aromatic heterocycles. The van der Waals surface area contributed by atoms with Gasteiger partial charge in [0.25, 0.3) is 11.8 Å². The highest BCUT2D eigenvalue weighted by molar-refractivity contribution is 6.08. The van der Waals surface area contributed by atoms with Gasteiger partial charge in [0.05, 0.1) is 23.6 Å². The van der Waals surface area contributed by atoms with E-state index in [1.54, 1.807) is 25.1 Å². The number of halogens is 2. The average Bonchev–Trinajstić information content (AvgIpc) is 3.18. The SMILES string of the molecule is Cc1oc2ccc(OCc3cccnc3O)c(C3CNCC3(F)F)c2c1C(N)=O. The zero-order chi connectivity index (χ0) is 20.8. The van der Waals surface area contributed by atoms with E-state index in [9.17, 15) is 18.7 Å². The topological polar surface area (TPSA) is 111 Å². The molecule has 1 atom stereocenters. The lowest BCUT2D eigenvalue weighted by atomic mass is 9.89. The van der Waals surface area contributed by atoms with Crippen LogP contribution in [-0.4, -0.2) is 35.0 Å². The van der Waals surface area contributed by atoms with E-state index in [0.717, 1.165) is 0 Å². The molecule has 0 bridgehead atoms. The standard InChI is InChI=1S/C20H19F2N3O4/c1-10-15(18(23)26)17-14(29-10)5-4-13(16(17)12-7-24-9-20(12,21)22)28-8-11-3-2-6-25-19(11)27/h2-6,12,24H,7-9H2,1H3,(H2,23,26)(H,25,27). The molecule has 0 spiro atoms. The molecule has 1 unspecified atom stereocenters. The van der Waals surface area contributed by atoms with Crippen LogP contribution in [0, 0.1) is 6.92 Å². The van der Waals surface area contributed by atoms with Crippen LogP contribution >= 0.6 is 0 Å². The Morgan fingerprint density at radius 2 is 2.24 bits per heavy atom. The summed E-state index contributed by atoms with van der Waals surface area (Å²) in [5.41, 5.74) is 6.41. The van der Waals surface area contributed by atoms with Gasteiger partial charge in [-0.2, -0.15) is 0 Å². The van der Waals surface area contributed by atoms with E-state index in [1.165, 1.54) is 12.3 Å². The lowest BCUT2D eigenvalue weighted by Crippen LogP contribution is -2.26. The monoisotopic (exact) mass is 403 g/mol. The number of carbonyl (C=O) groups is 1. The predicted molar refractivity (Wildman–Crippen MR) is 100 cm³/mol. The zero-order valence-corrected chi connectivity index (χ0v) is 15.5. The quantitative estimate of drug-likeness (QED) is 0.604. The van der Waals surface area contributed by atoms with Crippen molar-refractivity contribution in [3.63, 3.8) is 0 Å². The second kappa shape index (κ2) is 7.00. The fraction of sp³-hybridized carbons (Fsp3) is 0.300. The first-order valence-corrected chi connectivity index (χ1v) is 8.99. The van der Waals surface area contributed by atoms with Crippen molar-refractivity contribution in [2.24, 2.45) is 5.73 Å². The predicted octanol–water partition coefficient (Wildman–Crippen LogP) is 2.84. The van der Waals surface area contributed by atoms with Crippen molar-refractivity contribution in [1.82, 2.24) is 10.3 Å². The van der Waals surface area contributed by atoms with Crippen molar-refractivity contribution >= 4 is 16.9 Å². The normalized spacial score (nSPS) is 18.2. The van der Waals surface area contributed by atoms with Gasteiger partial charge in [0, 0.05) is 23.7 Å². The van der Waals surface area contributed by atoms with Crippen LogP contribution in [0.5, 0.6) is 11.6 Å². The molecule has 152 valence electrons. The Hall–Kier alpha value is -3.20. The number of hydrogen-bond acceptors (Lipinski definition) is 6. The highest BCUT2D eigenvalue weighted by atomic mass is 19.3. The number of nitrogens with one attached hydrogen (secondary N) is 1.